The number of nitrogens with zero attached hydrogens (tertiary/aromatic N) is 1. The van der Waals surface area contributed by atoms with Crippen molar-refractivity contribution in [3.05, 3.63) is 63.4 Å². The minimum atomic E-state index is -0.424. The fourth-order valence-corrected chi connectivity index (χ4v) is 3.64. The molecule has 0 radical (unpaired) electrons. The SMILES string of the molecule is CC(CC(O)c1cccs1)NCc1cc(Cl)cc2cccnc12. The molecule has 3 rings (SSSR count). The lowest BCUT2D eigenvalue weighted by Crippen LogP contribution is -2.27. The summed E-state index contributed by atoms with van der Waals surface area (Å²) in [5, 5.41) is 17.4. The van der Waals surface area contributed by atoms with Crippen molar-refractivity contribution in [2.75, 3.05) is 0 Å². The van der Waals surface area contributed by atoms with Crippen LogP contribution in [0.5, 0.6) is 0 Å². The zero-order chi connectivity index (χ0) is 16.2. The first kappa shape index (κ1) is 16.4. The predicted octanol–water partition coefficient (Wildman–Crippen LogP) is 4.55. The second kappa shape index (κ2) is 7.41. The normalized spacial score (nSPS) is 14.0. The van der Waals surface area contributed by atoms with E-state index in [1.165, 1.54) is 0 Å². The molecule has 120 valence electrons. The molecule has 3 nitrogen and oxygen atoms in total. The minimum absolute atomic E-state index is 0.185. The molecule has 2 heterocycles. The van der Waals surface area contributed by atoms with Crippen molar-refractivity contribution in [1.82, 2.24) is 10.3 Å². The molecular formula is C18H19ClN2OS. The third-order valence-electron chi connectivity index (χ3n) is 3.84. The fraction of sp³-hybridized carbons (Fsp3) is 0.278. The Balaban J connectivity index is 1.66. The van der Waals surface area contributed by atoms with E-state index in [0.29, 0.717) is 18.0 Å². The third kappa shape index (κ3) is 4.09. The Bertz CT molecular complexity index is 776. The lowest BCUT2D eigenvalue weighted by atomic mass is 10.1. The molecule has 0 fully saturated rings. The molecule has 0 spiro atoms. The van der Waals surface area contributed by atoms with Crippen molar-refractivity contribution in [1.29, 1.82) is 0 Å². The highest BCUT2D eigenvalue weighted by atomic mass is 35.5. The highest BCUT2D eigenvalue weighted by molar-refractivity contribution is 7.10. The maximum Gasteiger partial charge on any atom is 0.0896 e. The number of hydrogen-bond donors (Lipinski definition) is 2. The van der Waals surface area contributed by atoms with Crippen LogP contribution in [-0.2, 0) is 6.54 Å². The van der Waals surface area contributed by atoms with Crippen LogP contribution in [0.3, 0.4) is 0 Å². The molecule has 1 aromatic carbocycles. The van der Waals surface area contributed by atoms with E-state index in [2.05, 4.69) is 17.2 Å². The number of benzene rings is 1. The van der Waals surface area contributed by atoms with Gasteiger partial charge >= 0.3 is 0 Å². The zero-order valence-electron chi connectivity index (χ0n) is 12.9. The van der Waals surface area contributed by atoms with Gasteiger partial charge in [0.1, 0.15) is 0 Å². The van der Waals surface area contributed by atoms with Crippen LogP contribution in [0.1, 0.15) is 29.9 Å². The quantitative estimate of drug-likeness (QED) is 0.688. The van der Waals surface area contributed by atoms with E-state index in [1.54, 1.807) is 17.5 Å². The van der Waals surface area contributed by atoms with E-state index >= 15 is 0 Å². The molecule has 23 heavy (non-hydrogen) atoms. The molecule has 2 aromatic heterocycles. The predicted molar refractivity (Wildman–Crippen MR) is 97.0 cm³/mol. The summed E-state index contributed by atoms with van der Waals surface area (Å²) in [6.07, 6.45) is 2.04. The van der Waals surface area contributed by atoms with Crippen LogP contribution >= 0.6 is 22.9 Å². The Morgan fingerprint density at radius 3 is 2.96 bits per heavy atom. The second-order valence-corrected chi connectivity index (χ2v) is 7.10. The van der Waals surface area contributed by atoms with Gasteiger partial charge in [-0.2, -0.15) is 0 Å². The molecule has 0 aliphatic heterocycles. The number of thiophene rings is 1. The lowest BCUT2D eigenvalue weighted by molar-refractivity contribution is 0.157. The largest absolute Gasteiger partial charge is 0.388 e. The van der Waals surface area contributed by atoms with E-state index in [1.807, 2.05) is 41.8 Å². The number of nitrogens with one attached hydrogen (secondary N) is 1. The van der Waals surface area contributed by atoms with Crippen molar-refractivity contribution in [3.63, 3.8) is 0 Å². The number of aliphatic hydroxyl groups excluding tert-OH is 1. The van der Waals surface area contributed by atoms with Crippen molar-refractivity contribution in [2.24, 2.45) is 0 Å². The number of fused-ring (bicyclic) bond motifs is 1. The van der Waals surface area contributed by atoms with E-state index in [0.717, 1.165) is 21.3 Å². The van der Waals surface area contributed by atoms with Crippen LogP contribution in [0.25, 0.3) is 10.9 Å². The van der Waals surface area contributed by atoms with Gasteiger partial charge in [0.05, 0.1) is 11.6 Å². The van der Waals surface area contributed by atoms with Crippen LogP contribution in [0.4, 0.5) is 0 Å². The highest BCUT2D eigenvalue weighted by Crippen LogP contribution is 2.24. The Kier molecular flexibility index (Phi) is 5.28. The van der Waals surface area contributed by atoms with Gasteiger partial charge in [0.15, 0.2) is 0 Å². The number of hydrogen-bond acceptors (Lipinski definition) is 4. The number of pyridine rings is 1. The zero-order valence-corrected chi connectivity index (χ0v) is 14.4. The third-order valence-corrected chi connectivity index (χ3v) is 5.03. The summed E-state index contributed by atoms with van der Waals surface area (Å²) < 4.78 is 0. The summed E-state index contributed by atoms with van der Waals surface area (Å²) in [7, 11) is 0. The van der Waals surface area contributed by atoms with E-state index in [-0.39, 0.29) is 6.04 Å². The monoisotopic (exact) mass is 346 g/mol. The molecule has 0 saturated carbocycles. The topological polar surface area (TPSA) is 45.1 Å². The van der Waals surface area contributed by atoms with Crippen molar-refractivity contribution >= 4 is 33.8 Å². The maximum absolute atomic E-state index is 10.2. The fourth-order valence-electron chi connectivity index (χ4n) is 2.66. The van der Waals surface area contributed by atoms with Crippen molar-refractivity contribution in [2.45, 2.75) is 32.0 Å². The summed E-state index contributed by atoms with van der Waals surface area (Å²) in [4.78, 5) is 5.46. The molecule has 5 heteroatoms. The van der Waals surface area contributed by atoms with Crippen LogP contribution in [0.2, 0.25) is 5.02 Å². The van der Waals surface area contributed by atoms with Crippen LogP contribution in [0, 0.1) is 0 Å². The van der Waals surface area contributed by atoms with Gasteiger partial charge in [-0.3, -0.25) is 4.98 Å². The molecule has 0 saturated heterocycles. The smallest absolute Gasteiger partial charge is 0.0896 e. The molecule has 0 aliphatic rings. The average Bonchev–Trinajstić information content (AvgIpc) is 3.07. The van der Waals surface area contributed by atoms with Gasteiger partial charge in [-0.25, -0.2) is 0 Å². The molecule has 2 N–H and O–H groups in total. The maximum atomic E-state index is 10.2. The molecule has 2 unspecified atom stereocenters. The number of aliphatic hydroxyl groups is 1. The van der Waals surface area contributed by atoms with Crippen LogP contribution < -0.4 is 5.32 Å². The summed E-state index contributed by atoms with van der Waals surface area (Å²) in [5.41, 5.74) is 2.04. The molecule has 0 bridgehead atoms. The molecule has 0 amide bonds. The number of aromatic nitrogens is 1. The molecular weight excluding hydrogens is 328 g/mol. The van der Waals surface area contributed by atoms with E-state index in [9.17, 15) is 5.11 Å². The van der Waals surface area contributed by atoms with Crippen molar-refractivity contribution in [3.8, 4) is 0 Å². The summed E-state index contributed by atoms with van der Waals surface area (Å²) in [6, 6.07) is 11.9. The first-order valence-electron chi connectivity index (χ1n) is 7.61. The Labute approximate surface area is 145 Å². The van der Waals surface area contributed by atoms with Gasteiger partial charge < -0.3 is 10.4 Å². The van der Waals surface area contributed by atoms with E-state index in [4.69, 9.17) is 11.6 Å². The van der Waals surface area contributed by atoms with Gasteiger partial charge in [-0.15, -0.1) is 11.3 Å². The Morgan fingerprint density at radius 2 is 2.17 bits per heavy atom. The average molecular weight is 347 g/mol. The lowest BCUT2D eigenvalue weighted by Gasteiger charge is -2.18. The summed E-state index contributed by atoms with van der Waals surface area (Å²) in [5.74, 6) is 0. The van der Waals surface area contributed by atoms with E-state index < -0.39 is 6.10 Å². The standard InChI is InChI=1S/C18H19ClN2OS/c1-12(8-16(22)17-5-3-7-23-17)21-11-14-10-15(19)9-13-4-2-6-20-18(13)14/h2-7,9-10,12,16,21-22H,8,11H2,1H3. The Morgan fingerprint density at radius 1 is 1.30 bits per heavy atom. The highest BCUT2D eigenvalue weighted by Gasteiger charge is 2.13. The van der Waals surface area contributed by atoms with Crippen LogP contribution in [-0.4, -0.2) is 16.1 Å². The second-order valence-electron chi connectivity index (χ2n) is 5.69. The summed E-state index contributed by atoms with van der Waals surface area (Å²) >= 11 is 7.78. The first-order chi connectivity index (χ1) is 11.1. The molecule has 0 aliphatic carbocycles. The Hall–Kier alpha value is -1.46. The van der Waals surface area contributed by atoms with Crippen LogP contribution in [0.15, 0.2) is 48.0 Å². The van der Waals surface area contributed by atoms with Crippen molar-refractivity contribution < 1.29 is 5.11 Å². The van der Waals surface area contributed by atoms with Gasteiger partial charge in [0.2, 0.25) is 0 Å². The first-order valence-corrected chi connectivity index (χ1v) is 8.87. The summed E-state index contributed by atoms with van der Waals surface area (Å²) in [6.45, 7) is 2.75. The van der Waals surface area contributed by atoms with Gasteiger partial charge in [-0.1, -0.05) is 23.7 Å². The van der Waals surface area contributed by atoms with Gasteiger partial charge in [0, 0.05) is 34.1 Å². The molecule has 2 atom stereocenters. The number of rotatable bonds is 6. The number of halogens is 1. The van der Waals surface area contributed by atoms with Gasteiger partial charge in [0.25, 0.3) is 0 Å². The minimum Gasteiger partial charge on any atom is -0.388 e. The molecule has 3 aromatic rings. The van der Waals surface area contributed by atoms with Gasteiger partial charge in [-0.05, 0) is 48.6 Å².